The van der Waals surface area contributed by atoms with Crippen LogP contribution in [0.1, 0.15) is 36.8 Å². The third-order valence-electron chi connectivity index (χ3n) is 7.44. The second-order valence-corrected chi connectivity index (χ2v) is 16.0. The number of hydrogen-bond donors (Lipinski definition) is 7. The van der Waals surface area contributed by atoms with Gasteiger partial charge in [-0.15, -0.1) is 0 Å². The molecule has 0 saturated carbocycles. The highest BCUT2D eigenvalue weighted by atomic mass is 32.2. The Morgan fingerprint density at radius 3 is 1.62 bits per heavy atom. The van der Waals surface area contributed by atoms with Gasteiger partial charge in [-0.05, 0) is 36.1 Å². The lowest BCUT2D eigenvalue weighted by molar-refractivity contribution is -0.267. The highest BCUT2D eigenvalue weighted by Crippen LogP contribution is 2.43. The van der Waals surface area contributed by atoms with Crippen LogP contribution in [0.25, 0.3) is 0 Å². The van der Waals surface area contributed by atoms with Gasteiger partial charge in [-0.2, -0.15) is 26.3 Å². The van der Waals surface area contributed by atoms with Gasteiger partial charge in [0.15, 0.2) is 11.2 Å². The van der Waals surface area contributed by atoms with Crippen molar-refractivity contribution in [2.75, 3.05) is 23.0 Å². The van der Waals surface area contributed by atoms with Gasteiger partial charge in [0.1, 0.15) is 17.8 Å². The zero-order valence-electron chi connectivity index (χ0n) is 25.1. The zero-order valence-corrected chi connectivity index (χ0v) is 26.8. The molecule has 0 bridgehead atoms. The molecule has 0 aliphatic rings. The van der Waals surface area contributed by atoms with Crippen molar-refractivity contribution in [2.24, 2.45) is 11.5 Å². The molecule has 0 spiro atoms. The van der Waals surface area contributed by atoms with E-state index in [4.69, 9.17) is 30.9 Å². The lowest BCUT2D eigenvalue weighted by Gasteiger charge is -2.31. The van der Waals surface area contributed by atoms with Gasteiger partial charge in [0.05, 0.1) is 0 Å². The first-order valence-corrected chi connectivity index (χ1v) is 17.8. The van der Waals surface area contributed by atoms with Gasteiger partial charge in [0, 0.05) is 55.3 Å². The van der Waals surface area contributed by atoms with Crippen molar-refractivity contribution in [1.29, 1.82) is 9.56 Å². The van der Waals surface area contributed by atoms with Crippen LogP contribution in [0, 0.1) is 9.56 Å². The minimum atomic E-state index is -5.38. The zero-order chi connectivity index (χ0) is 36.8. The molecule has 0 fully saturated rings. The molecule has 9 N–H and O–H groups in total. The number of hydrogen-bond acceptors (Lipinski definition) is 11. The third kappa shape index (κ3) is 10.9. The molecule has 0 heterocycles. The average Bonchev–Trinajstić information content (AvgIpc) is 2.99. The maximum absolute atomic E-state index is 14.1. The lowest BCUT2D eigenvalue weighted by atomic mass is 9.90. The summed E-state index contributed by atoms with van der Waals surface area (Å²) in [4.78, 5) is 23.4. The summed E-state index contributed by atoms with van der Waals surface area (Å²) in [6.45, 7) is 0. The molecule has 2 rings (SSSR count). The molecular formula is C28H36F6N4O8S2. The number of esters is 1. The molecule has 270 valence electrons. The Kier molecular flexibility index (Phi) is 13.2. The number of ether oxygens (including phenoxy) is 1. The SMILES string of the molecule is N=[S@@](=O)(CC[C@H](N)C(=O)Oc1cccc([C@@](O)(CC[S@](=N)(=O)CC[C@H](N)C(=O)O)C(F)(F)F)c1)CC[C@@](O)(c1ccccc1)C(F)(F)F. The molecule has 0 aliphatic heterocycles. The molecule has 0 aliphatic carbocycles. The van der Waals surface area contributed by atoms with Crippen LogP contribution in [0.2, 0.25) is 0 Å². The fourth-order valence-electron chi connectivity index (χ4n) is 4.33. The molecule has 2 aromatic rings. The first-order valence-electron chi connectivity index (χ1n) is 14.0. The fraction of sp³-hybridized carbons (Fsp3) is 0.500. The van der Waals surface area contributed by atoms with Gasteiger partial charge in [-0.25, -0.2) is 13.2 Å². The number of aliphatic carboxylic acids is 1. The molecule has 0 unspecified atom stereocenters. The summed E-state index contributed by atoms with van der Waals surface area (Å²) in [5, 5.41) is 29.9. The number of alkyl halides is 6. The predicted octanol–water partition coefficient (Wildman–Crippen LogP) is 3.19. The van der Waals surface area contributed by atoms with Gasteiger partial charge in [0.2, 0.25) is 0 Å². The first kappa shape index (κ1) is 40.9. The normalized spacial score (nSPS) is 18.7. The largest absolute Gasteiger partial charge is 0.480 e. The van der Waals surface area contributed by atoms with Crippen molar-refractivity contribution in [2.45, 2.75) is 61.3 Å². The highest BCUT2D eigenvalue weighted by Gasteiger charge is 2.56. The summed E-state index contributed by atoms with van der Waals surface area (Å²) < 4.78 is 129. The number of carbonyl (C=O) groups is 2. The van der Waals surface area contributed by atoms with E-state index in [1.54, 1.807) is 0 Å². The van der Waals surface area contributed by atoms with Crippen molar-refractivity contribution in [3.05, 3.63) is 65.7 Å². The first-order chi connectivity index (χ1) is 21.8. The quantitative estimate of drug-likeness (QED) is 0.0712. The average molecular weight is 735 g/mol. The number of carboxylic acid groups (broad SMARTS) is 1. The monoisotopic (exact) mass is 734 g/mol. The minimum absolute atomic E-state index is 0.466. The van der Waals surface area contributed by atoms with Crippen LogP contribution in [-0.4, -0.2) is 83.1 Å². The van der Waals surface area contributed by atoms with Crippen molar-refractivity contribution >= 4 is 31.4 Å². The van der Waals surface area contributed by atoms with Crippen LogP contribution >= 0.6 is 0 Å². The minimum Gasteiger partial charge on any atom is -0.480 e. The van der Waals surface area contributed by atoms with Crippen molar-refractivity contribution in [3.63, 3.8) is 0 Å². The number of nitrogens with two attached hydrogens (primary N) is 2. The topological polar surface area (TPSA) is 238 Å². The van der Waals surface area contributed by atoms with E-state index in [2.05, 4.69) is 0 Å². The van der Waals surface area contributed by atoms with E-state index in [9.17, 15) is 54.6 Å². The summed E-state index contributed by atoms with van der Waals surface area (Å²) in [6.07, 6.45) is -14.0. The van der Waals surface area contributed by atoms with Crippen LogP contribution in [0.3, 0.4) is 0 Å². The van der Waals surface area contributed by atoms with Gasteiger partial charge in [-0.1, -0.05) is 42.5 Å². The molecule has 2 aromatic carbocycles. The standard InChI is InChI=1S/C28H36F6N4O8S2/c29-27(30,31)25(42,18-5-2-1-3-6-18)11-15-48(38,45)14-10-22(36)24(41)46-20-8-4-7-19(17-20)26(43,28(32,33)34)12-16-47(37,44)13-9-21(35)23(39)40/h1-8,17,21-22,37-38,42-43H,9-16,35-36H2,(H,39,40)/t21-,22-,25+,26-,47+,48+/m0/s1. The van der Waals surface area contributed by atoms with Crippen LogP contribution in [0.4, 0.5) is 26.3 Å². The van der Waals surface area contributed by atoms with Gasteiger partial charge >= 0.3 is 24.3 Å². The number of carboxylic acids is 1. The predicted molar refractivity (Wildman–Crippen MR) is 162 cm³/mol. The Bertz CT molecular complexity index is 1640. The van der Waals surface area contributed by atoms with Crippen molar-refractivity contribution < 1.29 is 64.4 Å². The highest BCUT2D eigenvalue weighted by molar-refractivity contribution is 7.92. The summed E-state index contributed by atoms with van der Waals surface area (Å²) in [6, 6.07) is 6.31. The molecular weight excluding hydrogens is 698 g/mol. The molecule has 0 aromatic heterocycles. The summed E-state index contributed by atoms with van der Waals surface area (Å²) in [5.74, 6) is -6.54. The summed E-state index contributed by atoms with van der Waals surface area (Å²) in [5.41, 5.74) is 2.53. The molecule has 48 heavy (non-hydrogen) atoms. The number of carbonyl (C=O) groups excluding carboxylic acids is 1. The van der Waals surface area contributed by atoms with Crippen LogP contribution in [0.5, 0.6) is 5.75 Å². The third-order valence-corrected chi connectivity index (χ3v) is 11.0. The fourth-order valence-corrected chi connectivity index (χ4v) is 7.26. The van der Waals surface area contributed by atoms with E-state index in [1.807, 2.05) is 0 Å². The van der Waals surface area contributed by atoms with E-state index >= 15 is 0 Å². The van der Waals surface area contributed by atoms with Gasteiger partial charge in [0.25, 0.3) is 0 Å². The molecule has 0 radical (unpaired) electrons. The van der Waals surface area contributed by atoms with E-state index in [-0.39, 0.29) is 0 Å². The number of nitrogens with one attached hydrogen (secondary N) is 2. The summed E-state index contributed by atoms with van der Waals surface area (Å²) >= 11 is 0. The van der Waals surface area contributed by atoms with Crippen molar-refractivity contribution in [1.82, 2.24) is 0 Å². The Hall–Kier alpha value is -3.30. The maximum atomic E-state index is 14.1. The van der Waals surface area contributed by atoms with Crippen LogP contribution in [0.15, 0.2) is 54.6 Å². The lowest BCUT2D eigenvalue weighted by Crippen LogP contribution is -2.44. The van der Waals surface area contributed by atoms with E-state index in [0.29, 0.717) is 6.07 Å². The van der Waals surface area contributed by atoms with E-state index < -0.39 is 133 Å². The molecule has 6 atom stereocenters. The van der Waals surface area contributed by atoms with E-state index in [1.165, 1.54) is 18.2 Å². The molecule has 20 heteroatoms. The maximum Gasteiger partial charge on any atom is 0.421 e. The van der Waals surface area contributed by atoms with E-state index in [0.717, 1.165) is 30.3 Å². The molecule has 0 amide bonds. The number of rotatable bonds is 17. The Morgan fingerprint density at radius 2 is 1.17 bits per heavy atom. The number of aliphatic hydroxyl groups is 2. The second kappa shape index (κ2) is 15.5. The van der Waals surface area contributed by atoms with Crippen LogP contribution < -0.4 is 16.2 Å². The smallest absolute Gasteiger partial charge is 0.421 e. The Balaban J connectivity index is 2.10. The Morgan fingerprint density at radius 1 is 0.729 bits per heavy atom. The molecule has 0 saturated heterocycles. The number of benzene rings is 2. The summed E-state index contributed by atoms with van der Waals surface area (Å²) in [7, 11) is -7.66. The van der Waals surface area contributed by atoms with Crippen molar-refractivity contribution in [3.8, 4) is 5.75 Å². The van der Waals surface area contributed by atoms with Crippen LogP contribution in [-0.2, 0) is 40.2 Å². The molecule has 12 nitrogen and oxygen atoms in total. The Labute approximate surface area is 272 Å². The van der Waals surface area contributed by atoms with Gasteiger partial charge in [-0.3, -0.25) is 14.4 Å². The number of halogens is 6. The van der Waals surface area contributed by atoms with Gasteiger partial charge < -0.3 is 31.5 Å². The second-order valence-electron chi connectivity index (χ2n) is 11.1.